The van der Waals surface area contributed by atoms with Crippen LogP contribution in [0.15, 0.2) is 0 Å². The molecule has 120 valence electrons. The van der Waals surface area contributed by atoms with Crippen molar-refractivity contribution in [2.75, 3.05) is 13.2 Å². The second-order valence-corrected chi connectivity index (χ2v) is 5.36. The SMILES string of the molecule is CCCCCCCO[C@@H]1C[C@@H](O)[C@@H](O)[C@H](O)[C@@H](CO)O1. The first kappa shape index (κ1) is 17.8. The monoisotopic (exact) mass is 292 g/mol. The molecule has 1 fully saturated rings. The fourth-order valence-corrected chi connectivity index (χ4v) is 2.29. The van der Waals surface area contributed by atoms with E-state index in [1.165, 1.54) is 19.3 Å². The van der Waals surface area contributed by atoms with Crippen molar-refractivity contribution in [1.82, 2.24) is 0 Å². The molecule has 0 radical (unpaired) electrons. The van der Waals surface area contributed by atoms with Crippen LogP contribution in [-0.4, -0.2) is 64.3 Å². The van der Waals surface area contributed by atoms with Gasteiger partial charge in [0.1, 0.15) is 18.3 Å². The van der Waals surface area contributed by atoms with Crippen LogP contribution in [-0.2, 0) is 9.47 Å². The number of hydrogen-bond donors (Lipinski definition) is 4. The van der Waals surface area contributed by atoms with Gasteiger partial charge in [-0.05, 0) is 6.42 Å². The summed E-state index contributed by atoms with van der Waals surface area (Å²) in [7, 11) is 0. The van der Waals surface area contributed by atoms with Gasteiger partial charge in [-0.15, -0.1) is 0 Å². The number of hydrogen-bond acceptors (Lipinski definition) is 6. The average molecular weight is 292 g/mol. The maximum absolute atomic E-state index is 9.73. The third-order valence-corrected chi connectivity index (χ3v) is 3.62. The molecule has 1 rings (SSSR count). The molecule has 0 saturated carbocycles. The molecular formula is C14H28O6. The Balaban J connectivity index is 2.33. The third-order valence-electron chi connectivity index (χ3n) is 3.62. The van der Waals surface area contributed by atoms with Gasteiger partial charge >= 0.3 is 0 Å². The van der Waals surface area contributed by atoms with Crippen LogP contribution in [0.1, 0.15) is 45.4 Å². The fraction of sp³-hybridized carbons (Fsp3) is 1.00. The van der Waals surface area contributed by atoms with Crippen molar-refractivity contribution in [3.63, 3.8) is 0 Å². The van der Waals surface area contributed by atoms with Gasteiger partial charge in [-0.2, -0.15) is 0 Å². The molecule has 0 unspecified atom stereocenters. The zero-order valence-corrected chi connectivity index (χ0v) is 12.1. The van der Waals surface area contributed by atoms with Gasteiger partial charge in [-0.3, -0.25) is 0 Å². The Hall–Kier alpha value is -0.240. The van der Waals surface area contributed by atoms with E-state index in [0.717, 1.165) is 12.8 Å². The first-order chi connectivity index (χ1) is 9.60. The van der Waals surface area contributed by atoms with Crippen molar-refractivity contribution < 1.29 is 29.9 Å². The quantitative estimate of drug-likeness (QED) is 0.476. The van der Waals surface area contributed by atoms with Crippen LogP contribution in [0.3, 0.4) is 0 Å². The van der Waals surface area contributed by atoms with E-state index in [1.807, 2.05) is 0 Å². The minimum atomic E-state index is -1.33. The topological polar surface area (TPSA) is 99.4 Å². The molecule has 0 spiro atoms. The molecule has 6 nitrogen and oxygen atoms in total. The van der Waals surface area contributed by atoms with E-state index in [9.17, 15) is 15.3 Å². The van der Waals surface area contributed by atoms with Gasteiger partial charge in [0.15, 0.2) is 6.29 Å². The summed E-state index contributed by atoms with van der Waals surface area (Å²) in [6.07, 6.45) is 0.241. The molecule has 0 aromatic rings. The first-order valence-corrected chi connectivity index (χ1v) is 7.52. The van der Waals surface area contributed by atoms with Gasteiger partial charge in [0.2, 0.25) is 0 Å². The summed E-state index contributed by atoms with van der Waals surface area (Å²) in [5, 5.41) is 38.3. The lowest BCUT2D eigenvalue weighted by molar-refractivity contribution is -0.197. The predicted molar refractivity (Wildman–Crippen MR) is 73.1 cm³/mol. The molecule has 6 heteroatoms. The van der Waals surface area contributed by atoms with Crippen molar-refractivity contribution in [2.45, 2.75) is 76.2 Å². The van der Waals surface area contributed by atoms with E-state index in [-0.39, 0.29) is 6.42 Å². The molecule has 4 N–H and O–H groups in total. The first-order valence-electron chi connectivity index (χ1n) is 7.52. The van der Waals surface area contributed by atoms with E-state index >= 15 is 0 Å². The molecule has 0 amide bonds. The third kappa shape index (κ3) is 5.63. The zero-order chi connectivity index (χ0) is 15.0. The summed E-state index contributed by atoms with van der Waals surface area (Å²) in [4.78, 5) is 0. The van der Waals surface area contributed by atoms with Crippen LogP contribution in [0.5, 0.6) is 0 Å². The van der Waals surface area contributed by atoms with Crippen molar-refractivity contribution >= 4 is 0 Å². The second kappa shape index (κ2) is 9.65. The zero-order valence-electron chi connectivity index (χ0n) is 12.1. The summed E-state index contributed by atoms with van der Waals surface area (Å²) in [6.45, 7) is 2.23. The molecule has 0 bridgehead atoms. The van der Waals surface area contributed by atoms with Gasteiger partial charge in [-0.1, -0.05) is 32.6 Å². The molecule has 1 heterocycles. The number of aliphatic hydroxyl groups is 4. The molecule has 0 aliphatic carbocycles. The Morgan fingerprint density at radius 2 is 1.75 bits per heavy atom. The Kier molecular flexibility index (Phi) is 8.60. The highest BCUT2D eigenvalue weighted by atomic mass is 16.7. The summed E-state index contributed by atoms with van der Waals surface area (Å²) in [6, 6.07) is 0. The number of unbranched alkanes of at least 4 members (excludes halogenated alkanes) is 4. The highest BCUT2D eigenvalue weighted by Crippen LogP contribution is 2.21. The second-order valence-electron chi connectivity index (χ2n) is 5.36. The van der Waals surface area contributed by atoms with Gasteiger partial charge in [0.25, 0.3) is 0 Å². The van der Waals surface area contributed by atoms with Crippen molar-refractivity contribution in [1.29, 1.82) is 0 Å². The van der Waals surface area contributed by atoms with E-state index < -0.39 is 37.3 Å². The molecule has 5 atom stereocenters. The van der Waals surface area contributed by atoms with Crippen LogP contribution >= 0.6 is 0 Å². The summed E-state index contributed by atoms with van der Waals surface area (Å²) >= 11 is 0. The van der Waals surface area contributed by atoms with Crippen molar-refractivity contribution in [2.24, 2.45) is 0 Å². The van der Waals surface area contributed by atoms with E-state index in [0.29, 0.717) is 6.61 Å². The Morgan fingerprint density at radius 3 is 2.40 bits per heavy atom. The Morgan fingerprint density at radius 1 is 1.05 bits per heavy atom. The molecular weight excluding hydrogens is 264 g/mol. The highest BCUT2D eigenvalue weighted by Gasteiger charge is 2.38. The molecule has 1 aliphatic rings. The van der Waals surface area contributed by atoms with E-state index in [4.69, 9.17) is 14.6 Å². The largest absolute Gasteiger partial charge is 0.394 e. The lowest BCUT2D eigenvalue weighted by Crippen LogP contribution is -2.44. The minimum absolute atomic E-state index is 0.0870. The Labute approximate surface area is 120 Å². The number of aliphatic hydroxyl groups excluding tert-OH is 4. The number of rotatable bonds is 8. The van der Waals surface area contributed by atoms with E-state index in [2.05, 4.69) is 6.92 Å². The van der Waals surface area contributed by atoms with Gasteiger partial charge in [-0.25, -0.2) is 0 Å². The molecule has 0 aromatic carbocycles. The van der Waals surface area contributed by atoms with Crippen LogP contribution in [0.4, 0.5) is 0 Å². The Bertz CT molecular complexity index is 250. The van der Waals surface area contributed by atoms with Crippen LogP contribution in [0.25, 0.3) is 0 Å². The maximum atomic E-state index is 9.73. The van der Waals surface area contributed by atoms with Crippen LogP contribution < -0.4 is 0 Å². The number of ether oxygens (including phenoxy) is 2. The normalized spacial score (nSPS) is 35.0. The van der Waals surface area contributed by atoms with Crippen molar-refractivity contribution in [3.8, 4) is 0 Å². The standard InChI is InChI=1S/C14H28O6/c1-2-3-4-5-6-7-19-12-8-10(16)13(17)14(18)11(9-15)20-12/h10-18H,2-9H2,1H3/t10-,11-,12+,13-,14-/m1/s1. The molecule has 20 heavy (non-hydrogen) atoms. The maximum Gasteiger partial charge on any atom is 0.160 e. The summed E-state index contributed by atoms with van der Waals surface area (Å²) in [5.41, 5.74) is 0. The van der Waals surface area contributed by atoms with E-state index in [1.54, 1.807) is 0 Å². The van der Waals surface area contributed by atoms with Gasteiger partial charge in [0, 0.05) is 13.0 Å². The van der Waals surface area contributed by atoms with Crippen molar-refractivity contribution in [3.05, 3.63) is 0 Å². The average Bonchev–Trinajstić information content (AvgIpc) is 2.54. The fourth-order valence-electron chi connectivity index (χ4n) is 2.29. The lowest BCUT2D eigenvalue weighted by atomic mass is 10.0. The van der Waals surface area contributed by atoms with Crippen LogP contribution in [0.2, 0.25) is 0 Å². The summed E-state index contributed by atoms with van der Waals surface area (Å²) in [5.74, 6) is 0. The smallest absolute Gasteiger partial charge is 0.160 e. The van der Waals surface area contributed by atoms with Gasteiger partial charge < -0.3 is 29.9 Å². The molecule has 1 aliphatic heterocycles. The molecule has 1 saturated heterocycles. The highest BCUT2D eigenvalue weighted by molar-refractivity contribution is 4.85. The molecule has 0 aromatic heterocycles. The summed E-state index contributed by atoms with van der Waals surface area (Å²) < 4.78 is 10.9. The predicted octanol–water partition coefficient (Wildman–Crippen LogP) is 0.163. The van der Waals surface area contributed by atoms with Gasteiger partial charge in [0.05, 0.1) is 12.7 Å². The minimum Gasteiger partial charge on any atom is -0.394 e. The van der Waals surface area contributed by atoms with Crippen LogP contribution in [0, 0.1) is 0 Å². The lowest BCUT2D eigenvalue weighted by Gasteiger charge is -2.24.